The van der Waals surface area contributed by atoms with Crippen LogP contribution in [0.25, 0.3) is 0 Å². The first-order valence-electron chi connectivity index (χ1n) is 6.40. The van der Waals surface area contributed by atoms with Crippen LogP contribution in [0.15, 0.2) is 0 Å². The highest BCUT2D eigenvalue weighted by Gasteiger charge is 2.22. The van der Waals surface area contributed by atoms with Crippen LogP contribution in [0.4, 0.5) is 0 Å². The van der Waals surface area contributed by atoms with E-state index in [0.717, 1.165) is 25.7 Å². The van der Waals surface area contributed by atoms with E-state index in [4.69, 9.17) is 4.74 Å². The molecule has 2 amide bonds. The zero-order chi connectivity index (χ0) is 12.5. The van der Waals surface area contributed by atoms with E-state index < -0.39 is 5.91 Å². The number of piperidine rings is 1. The zero-order valence-corrected chi connectivity index (χ0v) is 10.5. The fourth-order valence-corrected chi connectivity index (χ4v) is 1.84. The van der Waals surface area contributed by atoms with Crippen molar-refractivity contribution in [1.82, 2.24) is 10.2 Å². The van der Waals surface area contributed by atoms with Gasteiger partial charge in [0.15, 0.2) is 0 Å². The Morgan fingerprint density at radius 2 is 1.94 bits per heavy atom. The minimum Gasteiger partial charge on any atom is -0.382 e. The second-order valence-corrected chi connectivity index (χ2v) is 4.16. The number of likely N-dealkylation sites (tertiary alicyclic amines) is 1. The van der Waals surface area contributed by atoms with Crippen LogP contribution in [0, 0.1) is 0 Å². The molecular formula is C12H22N2O3. The zero-order valence-electron chi connectivity index (χ0n) is 10.5. The second kappa shape index (κ2) is 8.06. The number of rotatable bonds is 5. The summed E-state index contributed by atoms with van der Waals surface area (Å²) >= 11 is 0. The number of carbonyl (C=O) groups is 2. The molecule has 0 unspecified atom stereocenters. The summed E-state index contributed by atoms with van der Waals surface area (Å²) in [4.78, 5) is 24.9. The topological polar surface area (TPSA) is 58.6 Å². The molecule has 1 aliphatic rings. The van der Waals surface area contributed by atoms with Crippen LogP contribution in [0.2, 0.25) is 0 Å². The van der Waals surface area contributed by atoms with Crippen molar-refractivity contribution in [3.63, 3.8) is 0 Å². The van der Waals surface area contributed by atoms with Gasteiger partial charge in [-0.2, -0.15) is 0 Å². The predicted molar refractivity (Wildman–Crippen MR) is 64.6 cm³/mol. The van der Waals surface area contributed by atoms with Gasteiger partial charge in [0.1, 0.15) is 0 Å². The molecule has 0 atom stereocenters. The molecule has 0 radical (unpaired) electrons. The lowest BCUT2D eigenvalue weighted by Gasteiger charge is -2.25. The Morgan fingerprint density at radius 1 is 1.24 bits per heavy atom. The molecule has 0 saturated carbocycles. The lowest BCUT2D eigenvalue weighted by molar-refractivity contribution is -0.146. The van der Waals surface area contributed by atoms with E-state index in [2.05, 4.69) is 5.32 Å². The van der Waals surface area contributed by atoms with Crippen LogP contribution in [0.3, 0.4) is 0 Å². The SMILES string of the molecule is CCOCCCNC(=O)C(=O)N1CCCCC1. The van der Waals surface area contributed by atoms with Gasteiger partial charge in [0.05, 0.1) is 0 Å². The molecule has 1 aliphatic heterocycles. The van der Waals surface area contributed by atoms with E-state index in [9.17, 15) is 9.59 Å². The van der Waals surface area contributed by atoms with Crippen LogP contribution < -0.4 is 5.32 Å². The summed E-state index contributed by atoms with van der Waals surface area (Å²) in [6.07, 6.45) is 3.90. The minimum atomic E-state index is -0.483. The molecule has 5 nitrogen and oxygen atoms in total. The number of nitrogens with one attached hydrogen (secondary N) is 1. The fraction of sp³-hybridized carbons (Fsp3) is 0.833. The third-order valence-corrected chi connectivity index (χ3v) is 2.79. The maximum absolute atomic E-state index is 11.7. The lowest BCUT2D eigenvalue weighted by Crippen LogP contribution is -2.45. The van der Waals surface area contributed by atoms with E-state index in [1.54, 1.807) is 4.90 Å². The molecule has 0 aliphatic carbocycles. The Balaban J connectivity index is 2.15. The van der Waals surface area contributed by atoms with Gasteiger partial charge in [0, 0.05) is 32.8 Å². The largest absolute Gasteiger partial charge is 0.382 e. The number of amides is 2. The average molecular weight is 242 g/mol. The maximum Gasteiger partial charge on any atom is 0.311 e. The van der Waals surface area contributed by atoms with Crippen LogP contribution in [0.5, 0.6) is 0 Å². The molecule has 1 N–H and O–H groups in total. The summed E-state index contributed by atoms with van der Waals surface area (Å²) in [5.41, 5.74) is 0. The van der Waals surface area contributed by atoms with E-state index in [1.165, 1.54) is 0 Å². The Morgan fingerprint density at radius 3 is 2.59 bits per heavy atom. The number of nitrogens with zero attached hydrogens (tertiary/aromatic N) is 1. The van der Waals surface area contributed by atoms with Gasteiger partial charge in [-0.15, -0.1) is 0 Å². The van der Waals surface area contributed by atoms with Crippen molar-refractivity contribution < 1.29 is 14.3 Å². The molecule has 1 rings (SSSR count). The fourth-order valence-electron chi connectivity index (χ4n) is 1.84. The molecule has 17 heavy (non-hydrogen) atoms. The minimum absolute atomic E-state index is 0.388. The van der Waals surface area contributed by atoms with E-state index in [0.29, 0.717) is 32.8 Å². The van der Waals surface area contributed by atoms with Gasteiger partial charge in [-0.25, -0.2) is 0 Å². The van der Waals surface area contributed by atoms with Crippen molar-refractivity contribution in [3.8, 4) is 0 Å². The van der Waals surface area contributed by atoms with E-state index in [-0.39, 0.29) is 5.91 Å². The molecule has 0 aromatic rings. The number of carbonyl (C=O) groups excluding carboxylic acids is 2. The van der Waals surface area contributed by atoms with Crippen LogP contribution >= 0.6 is 0 Å². The van der Waals surface area contributed by atoms with Gasteiger partial charge in [0.25, 0.3) is 0 Å². The summed E-state index contributed by atoms with van der Waals surface area (Å²) < 4.78 is 5.15. The van der Waals surface area contributed by atoms with Crippen molar-refractivity contribution >= 4 is 11.8 Å². The first-order valence-corrected chi connectivity index (χ1v) is 6.40. The van der Waals surface area contributed by atoms with Crippen molar-refractivity contribution in [1.29, 1.82) is 0 Å². The number of hydrogen-bond donors (Lipinski definition) is 1. The van der Waals surface area contributed by atoms with Gasteiger partial charge in [0.2, 0.25) is 0 Å². The first-order chi connectivity index (χ1) is 8.25. The lowest BCUT2D eigenvalue weighted by atomic mass is 10.1. The van der Waals surface area contributed by atoms with Gasteiger partial charge in [-0.3, -0.25) is 9.59 Å². The molecule has 1 heterocycles. The first kappa shape index (κ1) is 14.0. The average Bonchev–Trinajstić information content (AvgIpc) is 2.38. The summed E-state index contributed by atoms with van der Waals surface area (Å²) in [6.45, 7) is 5.16. The van der Waals surface area contributed by atoms with Crippen LogP contribution in [-0.2, 0) is 14.3 Å². The molecule has 0 spiro atoms. The highest BCUT2D eigenvalue weighted by molar-refractivity contribution is 6.35. The van der Waals surface area contributed by atoms with Crippen molar-refractivity contribution in [3.05, 3.63) is 0 Å². The van der Waals surface area contributed by atoms with Gasteiger partial charge in [-0.05, 0) is 32.6 Å². The number of ether oxygens (including phenoxy) is 1. The number of hydrogen-bond acceptors (Lipinski definition) is 3. The Kier molecular flexibility index (Phi) is 6.62. The molecule has 1 fully saturated rings. The predicted octanol–water partition coefficient (Wildman–Crippen LogP) is 0.542. The van der Waals surface area contributed by atoms with E-state index >= 15 is 0 Å². The molecular weight excluding hydrogens is 220 g/mol. The smallest absolute Gasteiger partial charge is 0.311 e. The van der Waals surface area contributed by atoms with Gasteiger partial charge in [-0.1, -0.05) is 0 Å². The highest BCUT2D eigenvalue weighted by atomic mass is 16.5. The van der Waals surface area contributed by atoms with Crippen molar-refractivity contribution in [2.24, 2.45) is 0 Å². The maximum atomic E-state index is 11.7. The summed E-state index contributed by atoms with van der Waals surface area (Å²) in [6, 6.07) is 0. The van der Waals surface area contributed by atoms with Crippen LogP contribution in [-0.4, -0.2) is 49.6 Å². The molecule has 0 aromatic carbocycles. The monoisotopic (exact) mass is 242 g/mol. The molecule has 98 valence electrons. The molecule has 0 aromatic heterocycles. The second-order valence-electron chi connectivity index (χ2n) is 4.16. The summed E-state index contributed by atoms with van der Waals surface area (Å²) in [5, 5.41) is 2.63. The van der Waals surface area contributed by atoms with E-state index in [1.807, 2.05) is 6.92 Å². The standard InChI is InChI=1S/C12H22N2O3/c1-2-17-10-6-7-13-11(15)12(16)14-8-4-3-5-9-14/h2-10H2,1H3,(H,13,15). The Bertz CT molecular complexity index is 250. The Labute approximate surface area is 102 Å². The highest BCUT2D eigenvalue weighted by Crippen LogP contribution is 2.08. The van der Waals surface area contributed by atoms with Crippen molar-refractivity contribution in [2.75, 3.05) is 32.8 Å². The third kappa shape index (κ3) is 5.17. The molecule has 0 bridgehead atoms. The third-order valence-electron chi connectivity index (χ3n) is 2.79. The summed E-state index contributed by atoms with van der Waals surface area (Å²) in [5.74, 6) is -0.871. The summed E-state index contributed by atoms with van der Waals surface area (Å²) in [7, 11) is 0. The van der Waals surface area contributed by atoms with Gasteiger partial charge < -0.3 is 15.0 Å². The Hall–Kier alpha value is -1.10. The quantitative estimate of drug-likeness (QED) is 0.565. The van der Waals surface area contributed by atoms with Gasteiger partial charge >= 0.3 is 11.8 Å². The van der Waals surface area contributed by atoms with Crippen LogP contribution in [0.1, 0.15) is 32.6 Å². The normalized spacial score (nSPS) is 15.7. The van der Waals surface area contributed by atoms with Crippen molar-refractivity contribution in [2.45, 2.75) is 32.6 Å². The molecule has 1 saturated heterocycles. The molecule has 5 heteroatoms.